The van der Waals surface area contributed by atoms with Crippen LogP contribution < -0.4 is 5.32 Å². The molecule has 0 aliphatic rings. The Kier molecular flexibility index (Phi) is 6.15. The van der Waals surface area contributed by atoms with E-state index in [9.17, 15) is 25.0 Å². The van der Waals surface area contributed by atoms with Gasteiger partial charge in [0, 0.05) is 5.69 Å². The van der Waals surface area contributed by atoms with Gasteiger partial charge in [-0.15, -0.1) is 0 Å². The van der Waals surface area contributed by atoms with Crippen molar-refractivity contribution in [2.75, 3.05) is 5.32 Å². The van der Waals surface area contributed by atoms with Crippen LogP contribution in [-0.4, -0.2) is 35.3 Å². The summed E-state index contributed by atoms with van der Waals surface area (Å²) in [5.41, 5.74) is 2.46. The quantitative estimate of drug-likeness (QED) is 0.393. The molecule has 0 spiro atoms. The van der Waals surface area contributed by atoms with E-state index < -0.39 is 33.8 Å². The van der Waals surface area contributed by atoms with Crippen molar-refractivity contribution in [3.8, 4) is 0 Å². The second-order valence-electron chi connectivity index (χ2n) is 6.82. The van der Waals surface area contributed by atoms with Gasteiger partial charge in [0.15, 0.2) is 0 Å². The largest absolute Gasteiger partial charge is 0.468 e. The van der Waals surface area contributed by atoms with E-state index in [1.165, 1.54) is 6.92 Å². The van der Waals surface area contributed by atoms with Crippen LogP contribution in [0.3, 0.4) is 0 Å². The molecule has 3 rings (SSSR count). The van der Waals surface area contributed by atoms with Crippen LogP contribution in [0.2, 0.25) is 0 Å². The molecule has 0 saturated carbocycles. The molecule has 31 heavy (non-hydrogen) atoms. The zero-order valence-electron chi connectivity index (χ0n) is 16.8. The number of aromatic nitrogens is 4. The number of amides is 1. The lowest BCUT2D eigenvalue weighted by atomic mass is 10.2. The number of carbonyl (C=O) groups excluding carboxylic acids is 1. The zero-order chi connectivity index (χ0) is 22.9. The first-order valence-electron chi connectivity index (χ1n) is 9.03. The highest BCUT2D eigenvalue weighted by molar-refractivity contribution is 9.10. The summed E-state index contributed by atoms with van der Waals surface area (Å²) in [5.74, 6) is -1.42. The van der Waals surface area contributed by atoms with Gasteiger partial charge in [0.1, 0.15) is 12.2 Å². The van der Waals surface area contributed by atoms with E-state index in [4.69, 9.17) is 0 Å². The van der Waals surface area contributed by atoms with Crippen molar-refractivity contribution in [2.45, 2.75) is 33.9 Å². The van der Waals surface area contributed by atoms with Crippen molar-refractivity contribution in [3.05, 3.63) is 71.6 Å². The number of benzene rings is 1. The molecule has 1 amide bonds. The Morgan fingerprint density at radius 3 is 2.35 bits per heavy atom. The monoisotopic (exact) mass is 491 g/mol. The summed E-state index contributed by atoms with van der Waals surface area (Å²) >= 11 is 3.49. The molecule has 0 atom stereocenters. The minimum atomic E-state index is -0.944. The molecule has 0 aliphatic carbocycles. The van der Waals surface area contributed by atoms with Crippen LogP contribution in [0.15, 0.2) is 28.7 Å². The second-order valence-corrected chi connectivity index (χ2v) is 7.61. The predicted octanol–water partition coefficient (Wildman–Crippen LogP) is 3.27. The highest BCUT2D eigenvalue weighted by atomic mass is 79.9. The number of nitro groups is 2. The third-order valence-electron chi connectivity index (χ3n) is 4.64. The van der Waals surface area contributed by atoms with E-state index in [-0.39, 0.29) is 5.69 Å². The number of nitrogens with zero attached hydrogens (tertiary/aromatic N) is 6. The van der Waals surface area contributed by atoms with Crippen LogP contribution in [0.25, 0.3) is 0 Å². The summed E-state index contributed by atoms with van der Waals surface area (Å²) in [6.07, 6.45) is 0. The molecular weight excluding hydrogens is 474 g/mol. The minimum Gasteiger partial charge on any atom is -0.358 e. The number of hydrogen-bond acceptors (Lipinski definition) is 7. The topological polar surface area (TPSA) is 151 Å². The number of anilines is 1. The van der Waals surface area contributed by atoms with Gasteiger partial charge in [-0.25, -0.2) is 0 Å². The Hall–Kier alpha value is -3.61. The Bertz CT molecular complexity index is 1200. The van der Waals surface area contributed by atoms with E-state index in [0.717, 1.165) is 26.1 Å². The van der Waals surface area contributed by atoms with Crippen molar-refractivity contribution in [2.24, 2.45) is 0 Å². The van der Waals surface area contributed by atoms with Crippen LogP contribution in [-0.2, 0) is 17.9 Å². The molecule has 12 nitrogen and oxygen atoms in total. The van der Waals surface area contributed by atoms with Gasteiger partial charge >= 0.3 is 11.5 Å². The van der Waals surface area contributed by atoms with Gasteiger partial charge in [0.2, 0.25) is 5.91 Å². The number of halogens is 1. The molecule has 13 heteroatoms. The Labute approximate surface area is 184 Å². The first-order valence-corrected chi connectivity index (χ1v) is 9.82. The summed E-state index contributed by atoms with van der Waals surface area (Å²) in [6.45, 7) is 5.24. The molecular formula is C18H18BrN7O5. The molecule has 1 N–H and O–H groups in total. The Morgan fingerprint density at radius 2 is 1.81 bits per heavy atom. The third kappa shape index (κ3) is 4.60. The molecule has 162 valence electrons. The van der Waals surface area contributed by atoms with E-state index in [1.54, 1.807) is 18.2 Å². The highest BCUT2D eigenvalue weighted by Gasteiger charge is 2.35. The SMILES string of the molecule is Cc1nn(Cc2cccc(NC(=O)Cn3nc([N+](=O)[O-])c([N+](=O)[O-])c3C)c2)c(C)c1Br. The molecule has 0 radical (unpaired) electrons. The predicted molar refractivity (Wildman–Crippen MR) is 114 cm³/mol. The van der Waals surface area contributed by atoms with Gasteiger partial charge in [0.25, 0.3) is 0 Å². The zero-order valence-corrected chi connectivity index (χ0v) is 18.4. The Morgan fingerprint density at radius 1 is 1.10 bits per heavy atom. The number of hydrogen-bond donors (Lipinski definition) is 1. The van der Waals surface area contributed by atoms with Crippen LogP contribution in [0, 0.1) is 41.0 Å². The van der Waals surface area contributed by atoms with Crippen LogP contribution in [0.4, 0.5) is 17.2 Å². The molecule has 0 unspecified atom stereocenters. The fourth-order valence-corrected chi connectivity index (χ4v) is 3.38. The Balaban J connectivity index is 1.75. The molecule has 0 aliphatic heterocycles. The van der Waals surface area contributed by atoms with Gasteiger partial charge in [-0.3, -0.25) is 19.6 Å². The van der Waals surface area contributed by atoms with Crippen LogP contribution >= 0.6 is 15.9 Å². The van der Waals surface area contributed by atoms with Crippen LogP contribution in [0.1, 0.15) is 22.6 Å². The third-order valence-corrected chi connectivity index (χ3v) is 5.79. The molecule has 2 heterocycles. The van der Waals surface area contributed by atoms with Gasteiger partial charge in [-0.05, 0) is 59.3 Å². The van der Waals surface area contributed by atoms with Crippen molar-refractivity contribution in [1.29, 1.82) is 0 Å². The highest BCUT2D eigenvalue weighted by Crippen LogP contribution is 2.29. The lowest BCUT2D eigenvalue weighted by Crippen LogP contribution is -2.20. The standard InChI is InChI=1S/C18H18BrN7O5/c1-10-16(19)11(2)23(21-10)8-13-5-4-6-14(7-13)20-15(27)9-24-12(3)17(25(28)29)18(22-24)26(30)31/h4-7H,8-9H2,1-3H3,(H,20,27). The normalized spacial score (nSPS) is 10.8. The average molecular weight is 492 g/mol. The lowest BCUT2D eigenvalue weighted by Gasteiger charge is -2.09. The number of carbonyl (C=O) groups is 1. The summed E-state index contributed by atoms with van der Waals surface area (Å²) in [5, 5.41) is 32.9. The molecule has 3 aromatic rings. The van der Waals surface area contributed by atoms with Crippen molar-refractivity contribution in [3.63, 3.8) is 0 Å². The maximum Gasteiger partial charge on any atom is 0.468 e. The first kappa shape index (κ1) is 22.1. The maximum absolute atomic E-state index is 12.4. The van der Waals surface area contributed by atoms with Crippen molar-refractivity contribution < 1.29 is 14.6 Å². The molecule has 0 saturated heterocycles. The fraction of sp³-hybridized carbons (Fsp3) is 0.278. The lowest BCUT2D eigenvalue weighted by molar-refractivity contribution is -0.424. The summed E-state index contributed by atoms with van der Waals surface area (Å²) in [4.78, 5) is 32.7. The van der Waals surface area contributed by atoms with Gasteiger partial charge in [0.05, 0.1) is 32.4 Å². The van der Waals surface area contributed by atoms with E-state index in [2.05, 4.69) is 31.4 Å². The average Bonchev–Trinajstić information content (AvgIpc) is 3.14. The smallest absolute Gasteiger partial charge is 0.358 e. The van der Waals surface area contributed by atoms with E-state index in [1.807, 2.05) is 24.6 Å². The molecule has 1 aromatic carbocycles. The van der Waals surface area contributed by atoms with Crippen molar-refractivity contribution >= 4 is 39.0 Å². The van der Waals surface area contributed by atoms with Gasteiger partial charge < -0.3 is 15.4 Å². The minimum absolute atomic E-state index is 0.0734. The molecule has 0 bridgehead atoms. The maximum atomic E-state index is 12.4. The second kappa shape index (κ2) is 8.63. The number of aryl methyl sites for hydroxylation is 1. The van der Waals surface area contributed by atoms with Gasteiger partial charge in [-0.2, -0.15) is 9.78 Å². The van der Waals surface area contributed by atoms with Crippen molar-refractivity contribution in [1.82, 2.24) is 19.6 Å². The molecule has 0 fully saturated rings. The van der Waals surface area contributed by atoms with E-state index in [0.29, 0.717) is 12.2 Å². The molecule has 2 aromatic heterocycles. The number of nitrogens with one attached hydrogen (secondary N) is 1. The summed E-state index contributed by atoms with van der Waals surface area (Å²) < 4.78 is 3.73. The summed E-state index contributed by atoms with van der Waals surface area (Å²) in [7, 11) is 0. The number of rotatable bonds is 7. The summed E-state index contributed by atoms with van der Waals surface area (Å²) in [6, 6.07) is 7.15. The van der Waals surface area contributed by atoms with E-state index >= 15 is 0 Å². The van der Waals surface area contributed by atoms with Gasteiger partial charge in [-0.1, -0.05) is 12.1 Å². The van der Waals surface area contributed by atoms with Crippen LogP contribution in [0.5, 0.6) is 0 Å². The fourth-order valence-electron chi connectivity index (χ4n) is 3.10. The first-order chi connectivity index (χ1) is 14.6.